The van der Waals surface area contributed by atoms with Gasteiger partial charge in [0.25, 0.3) is 0 Å². The van der Waals surface area contributed by atoms with Crippen molar-refractivity contribution in [2.24, 2.45) is 0 Å². The lowest BCUT2D eigenvalue weighted by atomic mass is 10.2. The molecule has 5 heteroatoms. The van der Waals surface area contributed by atoms with Gasteiger partial charge in [-0.2, -0.15) is 4.31 Å². The molecule has 0 saturated carbocycles. The highest BCUT2D eigenvalue weighted by Crippen LogP contribution is 2.12. The Labute approximate surface area is 74.0 Å². The van der Waals surface area contributed by atoms with Crippen molar-refractivity contribution < 1.29 is 8.42 Å². The number of likely N-dealkylation sites (N-methyl/N-ethyl adjacent to an activating group) is 1. The van der Waals surface area contributed by atoms with E-state index >= 15 is 0 Å². The Balaban J connectivity index is 2.67. The van der Waals surface area contributed by atoms with E-state index in [1.807, 2.05) is 0 Å². The van der Waals surface area contributed by atoms with Crippen LogP contribution in [0, 0.1) is 0 Å². The minimum atomic E-state index is -3.04. The van der Waals surface area contributed by atoms with Crippen LogP contribution in [0.3, 0.4) is 0 Å². The minimum Gasteiger partial charge on any atom is -0.313 e. The predicted molar refractivity (Wildman–Crippen MR) is 48.5 cm³/mol. The van der Waals surface area contributed by atoms with Crippen molar-refractivity contribution in [3.8, 4) is 0 Å². The normalized spacial score (nSPS) is 20.1. The van der Waals surface area contributed by atoms with Gasteiger partial charge < -0.3 is 5.32 Å². The van der Waals surface area contributed by atoms with Gasteiger partial charge >= 0.3 is 0 Å². The van der Waals surface area contributed by atoms with Crippen LogP contribution in [-0.4, -0.2) is 44.2 Å². The zero-order chi connectivity index (χ0) is 9.35. The molecule has 0 spiro atoms. The van der Waals surface area contributed by atoms with Crippen LogP contribution in [0.5, 0.6) is 0 Å². The second-order valence-electron chi connectivity index (χ2n) is 3.42. The Morgan fingerprint density at radius 2 is 1.92 bits per heavy atom. The summed E-state index contributed by atoms with van der Waals surface area (Å²) in [6.07, 6.45) is 0. The Morgan fingerprint density at radius 1 is 1.42 bits per heavy atom. The van der Waals surface area contributed by atoms with Gasteiger partial charge in [0.05, 0.1) is 5.25 Å². The molecule has 0 radical (unpaired) electrons. The van der Waals surface area contributed by atoms with E-state index in [2.05, 4.69) is 5.32 Å². The SMILES string of the molecule is CC(C)S(=O)(=O)N(C)C1CNC1. The van der Waals surface area contributed by atoms with E-state index in [1.54, 1.807) is 20.9 Å². The number of nitrogens with one attached hydrogen (secondary N) is 1. The number of rotatable bonds is 3. The van der Waals surface area contributed by atoms with E-state index in [-0.39, 0.29) is 11.3 Å². The second-order valence-corrected chi connectivity index (χ2v) is 5.97. The molecule has 1 N–H and O–H groups in total. The third-order valence-corrected chi connectivity index (χ3v) is 4.56. The monoisotopic (exact) mass is 192 g/mol. The topological polar surface area (TPSA) is 49.4 Å². The predicted octanol–water partition coefficient (Wildman–Crippen LogP) is -0.372. The lowest BCUT2D eigenvalue weighted by Gasteiger charge is -2.35. The molecule has 0 aromatic rings. The van der Waals surface area contributed by atoms with Crippen molar-refractivity contribution in [1.82, 2.24) is 9.62 Å². The van der Waals surface area contributed by atoms with Gasteiger partial charge in [-0.3, -0.25) is 0 Å². The molecular formula is C7H16N2O2S. The maximum absolute atomic E-state index is 11.6. The van der Waals surface area contributed by atoms with Gasteiger partial charge in [0.2, 0.25) is 10.0 Å². The van der Waals surface area contributed by atoms with Crippen molar-refractivity contribution in [1.29, 1.82) is 0 Å². The van der Waals surface area contributed by atoms with Crippen molar-refractivity contribution in [2.45, 2.75) is 25.1 Å². The van der Waals surface area contributed by atoms with E-state index in [9.17, 15) is 8.42 Å². The molecule has 1 rings (SSSR count). The fourth-order valence-corrected chi connectivity index (χ4v) is 2.30. The molecule has 0 aromatic heterocycles. The van der Waals surface area contributed by atoms with Crippen LogP contribution < -0.4 is 5.32 Å². The van der Waals surface area contributed by atoms with Gasteiger partial charge in [0, 0.05) is 26.2 Å². The molecule has 0 aliphatic carbocycles. The van der Waals surface area contributed by atoms with Gasteiger partial charge in [0.15, 0.2) is 0 Å². The van der Waals surface area contributed by atoms with E-state index in [1.165, 1.54) is 4.31 Å². The molecule has 0 aromatic carbocycles. The van der Waals surface area contributed by atoms with E-state index in [0.29, 0.717) is 0 Å². The summed E-state index contributed by atoms with van der Waals surface area (Å²) in [5.74, 6) is 0. The smallest absolute Gasteiger partial charge is 0.216 e. The summed E-state index contributed by atoms with van der Waals surface area (Å²) in [5, 5.41) is 2.73. The molecule has 0 amide bonds. The fraction of sp³-hybridized carbons (Fsp3) is 1.00. The first-order valence-electron chi connectivity index (χ1n) is 4.14. The van der Waals surface area contributed by atoms with E-state index in [0.717, 1.165) is 13.1 Å². The molecule has 72 valence electrons. The Hall–Kier alpha value is -0.130. The maximum atomic E-state index is 11.6. The first kappa shape index (κ1) is 9.95. The molecule has 4 nitrogen and oxygen atoms in total. The van der Waals surface area contributed by atoms with Crippen molar-refractivity contribution in [3.63, 3.8) is 0 Å². The van der Waals surface area contributed by atoms with Crippen LogP contribution in [0.15, 0.2) is 0 Å². The highest BCUT2D eigenvalue weighted by atomic mass is 32.2. The quantitative estimate of drug-likeness (QED) is 0.663. The van der Waals surface area contributed by atoms with Gasteiger partial charge in [-0.15, -0.1) is 0 Å². The first-order chi connectivity index (χ1) is 5.46. The van der Waals surface area contributed by atoms with Crippen molar-refractivity contribution in [2.75, 3.05) is 20.1 Å². The average molecular weight is 192 g/mol. The zero-order valence-corrected chi connectivity index (χ0v) is 8.56. The standard InChI is InChI=1S/C7H16N2O2S/c1-6(2)12(10,11)9(3)7-4-8-5-7/h6-8H,4-5H2,1-3H3. The molecule has 0 atom stereocenters. The number of nitrogens with zero attached hydrogens (tertiary/aromatic N) is 1. The zero-order valence-electron chi connectivity index (χ0n) is 7.74. The molecule has 1 heterocycles. The van der Waals surface area contributed by atoms with Crippen LogP contribution in [-0.2, 0) is 10.0 Å². The Bertz CT molecular complexity index is 244. The number of hydrogen-bond acceptors (Lipinski definition) is 3. The molecule has 1 saturated heterocycles. The summed E-state index contributed by atoms with van der Waals surface area (Å²) in [4.78, 5) is 0. The summed E-state index contributed by atoms with van der Waals surface area (Å²) >= 11 is 0. The molecule has 1 fully saturated rings. The van der Waals surface area contributed by atoms with Crippen LogP contribution in [0.2, 0.25) is 0 Å². The van der Waals surface area contributed by atoms with Crippen LogP contribution in [0.1, 0.15) is 13.8 Å². The number of hydrogen-bond donors (Lipinski definition) is 1. The summed E-state index contributed by atoms with van der Waals surface area (Å²) in [6.45, 7) is 4.97. The second kappa shape index (κ2) is 3.32. The lowest BCUT2D eigenvalue weighted by molar-refractivity contribution is 0.272. The third-order valence-electron chi connectivity index (χ3n) is 2.27. The Morgan fingerprint density at radius 3 is 2.17 bits per heavy atom. The van der Waals surface area contributed by atoms with Crippen LogP contribution in [0.4, 0.5) is 0 Å². The van der Waals surface area contributed by atoms with Crippen LogP contribution in [0.25, 0.3) is 0 Å². The third kappa shape index (κ3) is 1.62. The summed E-state index contributed by atoms with van der Waals surface area (Å²) in [7, 11) is -1.39. The highest BCUT2D eigenvalue weighted by Gasteiger charge is 2.31. The molecule has 1 aliphatic heterocycles. The first-order valence-corrected chi connectivity index (χ1v) is 5.64. The summed E-state index contributed by atoms with van der Waals surface area (Å²) in [5.41, 5.74) is 0. The van der Waals surface area contributed by atoms with Crippen molar-refractivity contribution in [3.05, 3.63) is 0 Å². The molecule has 12 heavy (non-hydrogen) atoms. The van der Waals surface area contributed by atoms with Gasteiger partial charge in [-0.1, -0.05) is 0 Å². The largest absolute Gasteiger partial charge is 0.313 e. The summed E-state index contributed by atoms with van der Waals surface area (Å²) < 4.78 is 24.6. The molecule has 1 aliphatic rings. The molecule has 0 bridgehead atoms. The van der Waals surface area contributed by atoms with Crippen LogP contribution >= 0.6 is 0 Å². The number of sulfonamides is 1. The van der Waals surface area contributed by atoms with E-state index < -0.39 is 10.0 Å². The van der Waals surface area contributed by atoms with Gasteiger partial charge in [0.1, 0.15) is 0 Å². The highest BCUT2D eigenvalue weighted by molar-refractivity contribution is 7.89. The minimum absolute atomic E-state index is 0.164. The van der Waals surface area contributed by atoms with Gasteiger partial charge in [-0.05, 0) is 13.8 Å². The van der Waals surface area contributed by atoms with E-state index in [4.69, 9.17) is 0 Å². The Kier molecular flexibility index (Phi) is 2.75. The lowest BCUT2D eigenvalue weighted by Crippen LogP contribution is -2.58. The average Bonchev–Trinajstić information content (AvgIpc) is 1.83. The van der Waals surface area contributed by atoms with Gasteiger partial charge in [-0.25, -0.2) is 8.42 Å². The molecular weight excluding hydrogens is 176 g/mol. The molecule has 0 unspecified atom stereocenters. The van der Waals surface area contributed by atoms with Crippen molar-refractivity contribution >= 4 is 10.0 Å². The summed E-state index contributed by atoms with van der Waals surface area (Å²) in [6, 6.07) is 0.164. The maximum Gasteiger partial charge on any atom is 0.216 e. The fourth-order valence-electron chi connectivity index (χ4n) is 1.07.